The van der Waals surface area contributed by atoms with Gasteiger partial charge in [-0.05, 0) is 42.9 Å². The number of benzene rings is 1. The summed E-state index contributed by atoms with van der Waals surface area (Å²) in [5.74, 6) is 0.633. The van der Waals surface area contributed by atoms with Gasteiger partial charge in [0.2, 0.25) is 5.91 Å². The van der Waals surface area contributed by atoms with E-state index in [-0.39, 0.29) is 5.91 Å². The molecule has 1 saturated heterocycles. The van der Waals surface area contributed by atoms with Crippen molar-refractivity contribution in [2.45, 2.75) is 57.2 Å². The molecule has 168 valence electrons. The zero-order chi connectivity index (χ0) is 21.6. The molecule has 4 rings (SSSR count). The Morgan fingerprint density at radius 3 is 2.55 bits per heavy atom. The average Bonchev–Trinajstić information content (AvgIpc) is 3.19. The number of hydrogen-bond donors (Lipinski definition) is 1. The predicted octanol–water partition coefficient (Wildman–Crippen LogP) is 2.59. The van der Waals surface area contributed by atoms with Crippen molar-refractivity contribution in [3.8, 4) is 0 Å². The third kappa shape index (κ3) is 5.84. The van der Waals surface area contributed by atoms with Crippen molar-refractivity contribution in [2.24, 2.45) is 11.7 Å². The molecule has 2 N–H and O–H groups in total. The Morgan fingerprint density at radius 2 is 1.84 bits per heavy atom. The van der Waals surface area contributed by atoms with Crippen LogP contribution in [0.1, 0.15) is 37.7 Å². The Bertz CT molecular complexity index is 819. The van der Waals surface area contributed by atoms with Gasteiger partial charge in [0, 0.05) is 43.8 Å². The van der Waals surface area contributed by atoms with Gasteiger partial charge in [0.25, 0.3) is 0 Å². The number of piperazine rings is 1. The highest BCUT2D eigenvalue weighted by Crippen LogP contribution is 2.29. The van der Waals surface area contributed by atoms with Crippen LogP contribution in [0.5, 0.6) is 0 Å². The van der Waals surface area contributed by atoms with E-state index in [9.17, 15) is 4.79 Å². The second kappa shape index (κ2) is 10.6. The smallest absolute Gasteiger partial charge is 0.239 e. The molecule has 2 aromatic rings. The number of carbonyl (C=O) groups excluding carboxylic acids is 1. The number of amides is 1. The molecule has 1 aromatic heterocycles. The molecule has 1 amide bonds. The first kappa shape index (κ1) is 22.2. The maximum absolute atomic E-state index is 12.9. The topological polar surface area (TPSA) is 80.3 Å². The number of halogens is 1. The Morgan fingerprint density at radius 1 is 1.10 bits per heavy atom. The highest BCUT2D eigenvalue weighted by molar-refractivity contribution is 6.30. The van der Waals surface area contributed by atoms with Gasteiger partial charge >= 0.3 is 0 Å². The van der Waals surface area contributed by atoms with Gasteiger partial charge < -0.3 is 10.6 Å². The number of nitrogens with two attached hydrogens (primary N) is 1. The number of aromatic nitrogens is 3. The van der Waals surface area contributed by atoms with Gasteiger partial charge in [-0.15, -0.1) is 0 Å². The maximum atomic E-state index is 12.9. The molecule has 1 aromatic carbocycles. The van der Waals surface area contributed by atoms with Crippen molar-refractivity contribution in [3.05, 3.63) is 47.5 Å². The van der Waals surface area contributed by atoms with Crippen molar-refractivity contribution >= 4 is 17.5 Å². The first-order chi connectivity index (χ1) is 15.1. The molecule has 7 nitrogen and oxygen atoms in total. The Balaban J connectivity index is 1.32. The van der Waals surface area contributed by atoms with Crippen LogP contribution in [-0.2, 0) is 17.8 Å². The second-order valence-corrected chi connectivity index (χ2v) is 9.32. The lowest BCUT2D eigenvalue weighted by Gasteiger charge is -2.42. The molecular weight excluding hydrogens is 412 g/mol. The van der Waals surface area contributed by atoms with Crippen LogP contribution in [0.2, 0.25) is 5.02 Å². The Kier molecular flexibility index (Phi) is 7.58. The normalized spacial score (nSPS) is 24.0. The largest absolute Gasteiger partial charge is 0.339 e. The lowest BCUT2D eigenvalue weighted by molar-refractivity contribution is -0.134. The Hall–Kier alpha value is -1.96. The van der Waals surface area contributed by atoms with Crippen molar-refractivity contribution in [1.29, 1.82) is 0 Å². The molecule has 1 aliphatic heterocycles. The molecular formula is C23H33ClN6O. The van der Waals surface area contributed by atoms with E-state index < -0.39 is 6.04 Å². The summed E-state index contributed by atoms with van der Waals surface area (Å²) in [5.41, 5.74) is 7.30. The van der Waals surface area contributed by atoms with E-state index in [1.54, 1.807) is 6.33 Å². The third-order valence-corrected chi connectivity index (χ3v) is 7.04. The van der Waals surface area contributed by atoms with Crippen LogP contribution in [0.3, 0.4) is 0 Å². The third-order valence-electron chi connectivity index (χ3n) is 6.79. The van der Waals surface area contributed by atoms with Gasteiger partial charge in [-0.1, -0.05) is 43.0 Å². The standard InChI is InChI=1S/C23H33ClN6O/c24-20-8-6-18(7-9-20)14-21(25)23(31)29-12-10-28(11-13-29)22-5-3-1-2-4-19(22)15-30-17-26-16-27-30/h6-9,16-17,19,21-22H,1-5,10-15,25H2/t19?,21-,22?/m1/s1. The summed E-state index contributed by atoms with van der Waals surface area (Å²) < 4.78 is 1.97. The van der Waals surface area contributed by atoms with Crippen LogP contribution in [0, 0.1) is 5.92 Å². The van der Waals surface area contributed by atoms with Crippen LogP contribution < -0.4 is 5.73 Å². The monoisotopic (exact) mass is 444 g/mol. The van der Waals surface area contributed by atoms with E-state index >= 15 is 0 Å². The van der Waals surface area contributed by atoms with Gasteiger partial charge in [-0.25, -0.2) is 4.98 Å². The summed E-state index contributed by atoms with van der Waals surface area (Å²) in [6, 6.07) is 7.60. The fourth-order valence-corrected chi connectivity index (χ4v) is 5.22. The molecule has 1 aliphatic carbocycles. The molecule has 0 spiro atoms. The maximum Gasteiger partial charge on any atom is 0.239 e. The molecule has 2 unspecified atom stereocenters. The van der Waals surface area contributed by atoms with Crippen LogP contribution >= 0.6 is 11.6 Å². The van der Waals surface area contributed by atoms with Gasteiger partial charge in [-0.2, -0.15) is 5.10 Å². The molecule has 0 bridgehead atoms. The molecule has 3 atom stereocenters. The van der Waals surface area contributed by atoms with Crippen molar-refractivity contribution in [1.82, 2.24) is 24.6 Å². The van der Waals surface area contributed by atoms with Crippen molar-refractivity contribution in [3.63, 3.8) is 0 Å². The first-order valence-electron chi connectivity index (χ1n) is 11.5. The summed E-state index contributed by atoms with van der Waals surface area (Å²) >= 11 is 5.95. The fourth-order valence-electron chi connectivity index (χ4n) is 5.10. The summed E-state index contributed by atoms with van der Waals surface area (Å²) in [6.45, 7) is 4.25. The van der Waals surface area contributed by atoms with Gasteiger partial charge in [0.15, 0.2) is 0 Å². The van der Waals surface area contributed by atoms with E-state index in [2.05, 4.69) is 15.0 Å². The number of nitrogens with zero attached hydrogens (tertiary/aromatic N) is 5. The molecule has 2 aliphatic rings. The molecule has 2 fully saturated rings. The predicted molar refractivity (Wildman–Crippen MR) is 122 cm³/mol. The summed E-state index contributed by atoms with van der Waals surface area (Å²) in [5, 5.41) is 5.02. The van der Waals surface area contributed by atoms with E-state index in [0.29, 0.717) is 23.4 Å². The first-order valence-corrected chi connectivity index (χ1v) is 11.8. The van der Waals surface area contributed by atoms with E-state index in [1.165, 1.54) is 32.1 Å². The molecule has 1 saturated carbocycles. The minimum Gasteiger partial charge on any atom is -0.339 e. The molecule has 8 heteroatoms. The summed E-state index contributed by atoms with van der Waals surface area (Å²) in [6.07, 6.45) is 10.3. The lowest BCUT2D eigenvalue weighted by Crippen LogP contribution is -2.56. The van der Waals surface area contributed by atoms with Crippen LogP contribution in [-0.4, -0.2) is 68.7 Å². The summed E-state index contributed by atoms with van der Waals surface area (Å²) in [4.78, 5) is 21.6. The summed E-state index contributed by atoms with van der Waals surface area (Å²) in [7, 11) is 0. The van der Waals surface area contributed by atoms with Crippen LogP contribution in [0.15, 0.2) is 36.9 Å². The molecule has 2 heterocycles. The molecule has 31 heavy (non-hydrogen) atoms. The highest BCUT2D eigenvalue weighted by atomic mass is 35.5. The zero-order valence-electron chi connectivity index (χ0n) is 18.1. The lowest BCUT2D eigenvalue weighted by atomic mass is 9.92. The number of rotatable bonds is 6. The molecule has 0 radical (unpaired) electrons. The fraction of sp³-hybridized carbons (Fsp3) is 0.609. The average molecular weight is 445 g/mol. The number of carbonyl (C=O) groups is 1. The van der Waals surface area contributed by atoms with Gasteiger partial charge in [0.1, 0.15) is 12.7 Å². The van der Waals surface area contributed by atoms with E-state index in [0.717, 1.165) is 38.3 Å². The van der Waals surface area contributed by atoms with E-state index in [1.807, 2.05) is 40.2 Å². The minimum absolute atomic E-state index is 0.0506. The van der Waals surface area contributed by atoms with Gasteiger partial charge in [0.05, 0.1) is 6.04 Å². The second-order valence-electron chi connectivity index (χ2n) is 8.88. The van der Waals surface area contributed by atoms with Crippen LogP contribution in [0.25, 0.3) is 0 Å². The van der Waals surface area contributed by atoms with Crippen molar-refractivity contribution < 1.29 is 4.79 Å². The highest BCUT2D eigenvalue weighted by Gasteiger charge is 2.33. The quantitative estimate of drug-likeness (QED) is 0.692. The van der Waals surface area contributed by atoms with Gasteiger partial charge in [-0.3, -0.25) is 14.4 Å². The van der Waals surface area contributed by atoms with Crippen LogP contribution in [0.4, 0.5) is 0 Å². The van der Waals surface area contributed by atoms with E-state index in [4.69, 9.17) is 17.3 Å². The minimum atomic E-state index is -0.509. The zero-order valence-corrected chi connectivity index (χ0v) is 18.8. The Labute approximate surface area is 189 Å². The number of hydrogen-bond acceptors (Lipinski definition) is 5. The van der Waals surface area contributed by atoms with Crippen molar-refractivity contribution in [2.75, 3.05) is 26.2 Å². The SMILES string of the molecule is N[C@H](Cc1ccc(Cl)cc1)C(=O)N1CCN(C2CCCCCC2Cn2cncn2)CC1.